The first-order valence-electron chi connectivity index (χ1n) is 6.70. The number of para-hydroxylation sites is 1. The number of carbonyl (C=O) groups is 1. The summed E-state index contributed by atoms with van der Waals surface area (Å²) in [5.74, 6) is 0.0335. The number of Topliss-reactive ketones (excluding diaryl/α,β-unsaturated/α-hetero) is 1. The number of ketones is 1. The van der Waals surface area contributed by atoms with Crippen molar-refractivity contribution in [3.8, 4) is 5.75 Å². The summed E-state index contributed by atoms with van der Waals surface area (Å²) in [4.78, 5) is 14.1. The minimum absolute atomic E-state index is 0.0250. The van der Waals surface area contributed by atoms with Crippen LogP contribution in [0.3, 0.4) is 0 Å². The van der Waals surface area contributed by atoms with Gasteiger partial charge in [-0.15, -0.1) is 0 Å². The quantitative estimate of drug-likeness (QED) is 0.819. The second-order valence-electron chi connectivity index (χ2n) is 4.91. The van der Waals surface area contributed by atoms with Crippen LogP contribution in [0.4, 0.5) is 0 Å². The van der Waals surface area contributed by atoms with E-state index in [1.165, 1.54) is 5.56 Å². The van der Waals surface area contributed by atoms with Crippen LogP contribution in [0, 0.1) is 0 Å². The maximum Gasteiger partial charge on any atom is 0.167 e. The highest BCUT2D eigenvalue weighted by Gasteiger charge is 2.11. The summed E-state index contributed by atoms with van der Waals surface area (Å²) in [6.45, 7) is 1.48. The van der Waals surface area contributed by atoms with Crippen LogP contribution >= 0.6 is 0 Å². The highest BCUT2D eigenvalue weighted by atomic mass is 16.3. The van der Waals surface area contributed by atoms with Crippen molar-refractivity contribution in [2.24, 2.45) is 0 Å². The van der Waals surface area contributed by atoms with Gasteiger partial charge in [-0.1, -0.05) is 42.5 Å². The van der Waals surface area contributed by atoms with Crippen molar-refractivity contribution >= 4 is 5.78 Å². The van der Waals surface area contributed by atoms with Gasteiger partial charge in [0.05, 0.1) is 5.56 Å². The first-order valence-corrected chi connectivity index (χ1v) is 6.70. The van der Waals surface area contributed by atoms with Crippen LogP contribution < -0.4 is 0 Å². The van der Waals surface area contributed by atoms with E-state index in [-0.39, 0.29) is 11.5 Å². The summed E-state index contributed by atoms with van der Waals surface area (Å²) in [5, 5.41) is 9.65. The van der Waals surface area contributed by atoms with Gasteiger partial charge in [-0.05, 0) is 24.7 Å². The van der Waals surface area contributed by atoms with Crippen molar-refractivity contribution in [3.63, 3.8) is 0 Å². The number of phenolic OH excluding ortho intramolecular Hbond substituents is 1. The Morgan fingerprint density at radius 3 is 2.40 bits per heavy atom. The highest BCUT2D eigenvalue weighted by molar-refractivity contribution is 5.98. The molecule has 0 saturated heterocycles. The molecule has 2 rings (SSSR count). The lowest BCUT2D eigenvalue weighted by Gasteiger charge is -2.16. The van der Waals surface area contributed by atoms with Gasteiger partial charge in [0.15, 0.2) is 5.78 Å². The number of nitrogens with zero attached hydrogens (tertiary/aromatic N) is 1. The first kappa shape index (κ1) is 14.3. The first-order chi connectivity index (χ1) is 9.66. The van der Waals surface area contributed by atoms with Crippen molar-refractivity contribution in [3.05, 3.63) is 65.7 Å². The molecule has 2 aromatic carbocycles. The molecule has 3 heteroatoms. The highest BCUT2D eigenvalue weighted by Crippen LogP contribution is 2.17. The Morgan fingerprint density at radius 1 is 1.05 bits per heavy atom. The van der Waals surface area contributed by atoms with Gasteiger partial charge in [-0.25, -0.2) is 0 Å². The molecule has 0 aliphatic heterocycles. The summed E-state index contributed by atoms with van der Waals surface area (Å²) >= 11 is 0. The van der Waals surface area contributed by atoms with Gasteiger partial charge in [-0.2, -0.15) is 0 Å². The van der Waals surface area contributed by atoms with Crippen LogP contribution in [0.1, 0.15) is 22.3 Å². The third-order valence-corrected chi connectivity index (χ3v) is 3.22. The van der Waals surface area contributed by atoms with Crippen molar-refractivity contribution < 1.29 is 9.90 Å². The number of carbonyl (C=O) groups excluding carboxylic acids is 1. The smallest absolute Gasteiger partial charge is 0.167 e. The molecule has 1 N–H and O–H groups in total. The average molecular weight is 269 g/mol. The Bertz CT molecular complexity index is 566. The van der Waals surface area contributed by atoms with Gasteiger partial charge < -0.3 is 10.0 Å². The maximum atomic E-state index is 12.0. The molecule has 0 aliphatic carbocycles. The lowest BCUT2D eigenvalue weighted by atomic mass is 10.1. The van der Waals surface area contributed by atoms with Gasteiger partial charge in [0.2, 0.25) is 0 Å². The molecule has 20 heavy (non-hydrogen) atoms. The van der Waals surface area contributed by atoms with E-state index in [4.69, 9.17) is 0 Å². The minimum Gasteiger partial charge on any atom is -0.507 e. The zero-order valence-corrected chi connectivity index (χ0v) is 11.6. The van der Waals surface area contributed by atoms with E-state index in [2.05, 4.69) is 17.0 Å². The zero-order chi connectivity index (χ0) is 14.4. The summed E-state index contributed by atoms with van der Waals surface area (Å²) in [6, 6.07) is 16.8. The van der Waals surface area contributed by atoms with Crippen LogP contribution in [0.25, 0.3) is 0 Å². The fourth-order valence-electron chi connectivity index (χ4n) is 2.11. The molecule has 0 radical (unpaired) electrons. The van der Waals surface area contributed by atoms with Crippen molar-refractivity contribution in [1.82, 2.24) is 4.90 Å². The van der Waals surface area contributed by atoms with Gasteiger partial charge in [-0.3, -0.25) is 4.79 Å². The Labute approximate surface area is 119 Å². The molecule has 0 heterocycles. The Kier molecular flexibility index (Phi) is 4.91. The van der Waals surface area contributed by atoms with Gasteiger partial charge in [0.25, 0.3) is 0 Å². The molecule has 0 bridgehead atoms. The number of hydrogen-bond acceptors (Lipinski definition) is 3. The number of rotatable bonds is 6. The Hall–Kier alpha value is -2.13. The van der Waals surface area contributed by atoms with Crippen molar-refractivity contribution in [2.75, 3.05) is 13.6 Å². The van der Waals surface area contributed by atoms with Crippen molar-refractivity contribution in [2.45, 2.75) is 13.0 Å². The van der Waals surface area contributed by atoms with E-state index < -0.39 is 0 Å². The van der Waals surface area contributed by atoms with Crippen LogP contribution in [0.15, 0.2) is 54.6 Å². The van der Waals surface area contributed by atoms with Gasteiger partial charge >= 0.3 is 0 Å². The van der Waals surface area contributed by atoms with E-state index in [1.807, 2.05) is 25.2 Å². The SMILES string of the molecule is CN(CCC(=O)c1ccccc1O)Cc1ccccc1. The van der Waals surface area contributed by atoms with E-state index in [0.29, 0.717) is 18.5 Å². The molecule has 0 aliphatic rings. The molecular formula is C17H19NO2. The molecule has 3 nitrogen and oxygen atoms in total. The summed E-state index contributed by atoms with van der Waals surface area (Å²) in [7, 11) is 1.99. The van der Waals surface area contributed by atoms with E-state index >= 15 is 0 Å². The topological polar surface area (TPSA) is 40.5 Å². The predicted molar refractivity (Wildman–Crippen MR) is 79.8 cm³/mol. The van der Waals surface area contributed by atoms with E-state index in [9.17, 15) is 9.90 Å². The molecule has 0 atom stereocenters. The molecular weight excluding hydrogens is 250 g/mol. The molecule has 0 saturated carbocycles. The predicted octanol–water partition coefficient (Wildman–Crippen LogP) is 3.10. The Morgan fingerprint density at radius 2 is 1.70 bits per heavy atom. The van der Waals surface area contributed by atoms with Crippen LogP contribution in [0.5, 0.6) is 5.75 Å². The molecule has 0 unspecified atom stereocenters. The molecule has 0 amide bonds. The van der Waals surface area contributed by atoms with Crippen LogP contribution in [-0.2, 0) is 6.54 Å². The fraction of sp³-hybridized carbons (Fsp3) is 0.235. The molecule has 0 aromatic heterocycles. The van der Waals surface area contributed by atoms with E-state index in [1.54, 1.807) is 24.3 Å². The van der Waals surface area contributed by atoms with E-state index in [0.717, 1.165) is 6.54 Å². The summed E-state index contributed by atoms with van der Waals surface area (Å²) in [5.41, 5.74) is 1.63. The third kappa shape index (κ3) is 3.93. The average Bonchev–Trinajstić information content (AvgIpc) is 2.46. The third-order valence-electron chi connectivity index (χ3n) is 3.22. The lowest BCUT2D eigenvalue weighted by molar-refractivity contribution is 0.0965. The van der Waals surface area contributed by atoms with Gasteiger partial charge in [0.1, 0.15) is 5.75 Å². The molecule has 104 valence electrons. The summed E-state index contributed by atoms with van der Waals surface area (Å²) < 4.78 is 0. The molecule has 0 fully saturated rings. The van der Waals surface area contributed by atoms with Crippen LogP contribution in [0.2, 0.25) is 0 Å². The van der Waals surface area contributed by atoms with Crippen LogP contribution in [-0.4, -0.2) is 29.4 Å². The maximum absolute atomic E-state index is 12.0. The Balaban J connectivity index is 1.86. The molecule has 2 aromatic rings. The minimum atomic E-state index is -0.0250. The molecule has 0 spiro atoms. The number of aromatic hydroxyl groups is 1. The van der Waals surface area contributed by atoms with Gasteiger partial charge in [0, 0.05) is 19.5 Å². The van der Waals surface area contributed by atoms with Crippen molar-refractivity contribution in [1.29, 1.82) is 0 Å². The second-order valence-corrected chi connectivity index (χ2v) is 4.91. The largest absolute Gasteiger partial charge is 0.507 e. The monoisotopic (exact) mass is 269 g/mol. The summed E-state index contributed by atoms with van der Waals surface area (Å²) in [6.07, 6.45) is 0.404. The number of benzene rings is 2. The number of phenols is 1. The fourth-order valence-corrected chi connectivity index (χ4v) is 2.11. The lowest BCUT2D eigenvalue weighted by Crippen LogP contribution is -2.21. The zero-order valence-electron chi connectivity index (χ0n) is 11.6. The standard InChI is InChI=1S/C17H19NO2/c1-18(13-14-7-3-2-4-8-14)12-11-17(20)15-9-5-6-10-16(15)19/h2-10,19H,11-13H2,1H3. The number of hydrogen-bond donors (Lipinski definition) is 1. The normalized spacial score (nSPS) is 10.7. The second kappa shape index (κ2) is 6.87.